The van der Waals surface area contributed by atoms with Crippen LogP contribution in [-0.4, -0.2) is 39.7 Å². The Kier molecular flexibility index (Phi) is 6.98. The zero-order valence-corrected chi connectivity index (χ0v) is 20.2. The summed E-state index contributed by atoms with van der Waals surface area (Å²) in [5.74, 6) is 0.688. The highest BCUT2D eigenvalue weighted by molar-refractivity contribution is 7.81. The molecule has 6 heteroatoms. The second-order valence-electron chi connectivity index (χ2n) is 10.7. The Hall–Kier alpha value is -0.615. The molecule has 2 rings (SSSR count). The summed E-state index contributed by atoms with van der Waals surface area (Å²) in [5.41, 5.74) is 0.906. The Morgan fingerprint density at radius 1 is 1.32 bits per heavy atom. The molecule has 2 unspecified atom stereocenters. The van der Waals surface area contributed by atoms with Crippen molar-refractivity contribution in [1.29, 1.82) is 0 Å². The monoisotopic (exact) mass is 408 g/mol. The fourth-order valence-electron chi connectivity index (χ4n) is 4.45. The van der Waals surface area contributed by atoms with Gasteiger partial charge in [-0.2, -0.15) is 12.6 Å². The molecule has 2 atom stereocenters. The van der Waals surface area contributed by atoms with Crippen LogP contribution in [0.1, 0.15) is 87.5 Å². The van der Waals surface area contributed by atoms with Crippen LogP contribution >= 0.6 is 12.6 Å². The van der Waals surface area contributed by atoms with Crippen molar-refractivity contribution in [2.45, 2.75) is 115 Å². The maximum atomic E-state index is 12.3. The van der Waals surface area contributed by atoms with Gasteiger partial charge in [-0.05, 0) is 73.6 Å². The van der Waals surface area contributed by atoms with Crippen LogP contribution in [0.4, 0.5) is 0 Å². The third-order valence-electron chi connectivity index (χ3n) is 6.67. The molecule has 1 fully saturated rings. The Morgan fingerprint density at radius 3 is 2.50 bits per heavy atom. The lowest BCUT2D eigenvalue weighted by molar-refractivity contribution is -0.134. The number of hydrogen-bond acceptors (Lipinski definition) is 4. The second kappa shape index (κ2) is 8.25. The van der Waals surface area contributed by atoms with Crippen molar-refractivity contribution in [3.05, 3.63) is 11.9 Å². The van der Waals surface area contributed by atoms with E-state index >= 15 is 0 Å². The lowest BCUT2D eigenvalue weighted by atomic mass is 9.73. The average Bonchev–Trinajstić information content (AvgIpc) is 2.94. The van der Waals surface area contributed by atoms with E-state index in [0.717, 1.165) is 33.1 Å². The summed E-state index contributed by atoms with van der Waals surface area (Å²) in [7, 11) is 0.760. The van der Waals surface area contributed by atoms with Crippen molar-refractivity contribution in [2.75, 3.05) is 0 Å². The van der Waals surface area contributed by atoms with Gasteiger partial charge in [-0.25, -0.2) is 0 Å². The van der Waals surface area contributed by atoms with Crippen LogP contribution in [0.3, 0.4) is 0 Å². The Bertz CT molecular complexity index is 607. The number of nitrogens with one attached hydrogen (secondary N) is 1. The number of rotatable bonds is 8. The van der Waals surface area contributed by atoms with E-state index in [9.17, 15) is 4.79 Å². The smallest absolute Gasteiger partial charge is 0.275 e. The van der Waals surface area contributed by atoms with Gasteiger partial charge in [-0.3, -0.25) is 4.79 Å². The topological polar surface area (TPSA) is 41.6 Å². The van der Waals surface area contributed by atoms with E-state index < -0.39 is 0 Å². The maximum absolute atomic E-state index is 12.3. The van der Waals surface area contributed by atoms with E-state index in [2.05, 4.69) is 66.4 Å². The van der Waals surface area contributed by atoms with Crippen molar-refractivity contribution < 1.29 is 9.45 Å². The molecule has 0 aromatic rings. The molecule has 4 nitrogen and oxygen atoms in total. The minimum absolute atomic E-state index is 0.00788. The van der Waals surface area contributed by atoms with Gasteiger partial charge in [0.15, 0.2) is 0 Å². The molecule has 0 saturated heterocycles. The number of nitrogens with zero attached hydrogens (tertiary/aromatic N) is 1. The highest BCUT2D eigenvalue weighted by atomic mass is 32.1. The van der Waals surface area contributed by atoms with E-state index in [1.54, 1.807) is 6.92 Å². The molecule has 1 spiro atoms. The minimum atomic E-state index is -0.253. The predicted octanol–water partition coefficient (Wildman–Crippen LogP) is 4.67. The molecule has 2 aliphatic rings. The molecule has 160 valence electrons. The highest BCUT2D eigenvalue weighted by Crippen LogP contribution is 2.52. The van der Waals surface area contributed by atoms with Crippen molar-refractivity contribution >= 4 is 26.0 Å². The highest BCUT2D eigenvalue weighted by Gasteiger charge is 2.56. The van der Waals surface area contributed by atoms with E-state index in [1.807, 2.05) is 11.1 Å². The molecule has 28 heavy (non-hydrogen) atoms. The molecule has 1 saturated carbocycles. The van der Waals surface area contributed by atoms with Gasteiger partial charge in [-0.1, -0.05) is 19.2 Å². The van der Waals surface area contributed by atoms with Crippen molar-refractivity contribution in [2.24, 2.45) is 5.92 Å². The summed E-state index contributed by atoms with van der Waals surface area (Å²) in [6.45, 7) is 16.7. The van der Waals surface area contributed by atoms with Gasteiger partial charge in [0.1, 0.15) is 0 Å². The zero-order valence-electron chi connectivity index (χ0n) is 19.3. The Morgan fingerprint density at radius 2 is 1.96 bits per heavy atom. The van der Waals surface area contributed by atoms with Gasteiger partial charge in [0.25, 0.3) is 7.48 Å². The zero-order chi connectivity index (χ0) is 21.4. The maximum Gasteiger partial charge on any atom is 0.275 e. The SMILES string of the molecule is CC(=O)N1C=C(NC(C)(C)C)C12CCCC2CCCBOC(C)(C)C(C)(C)S. The molecule has 1 aliphatic heterocycles. The van der Waals surface area contributed by atoms with Crippen molar-refractivity contribution in [1.82, 2.24) is 10.2 Å². The summed E-state index contributed by atoms with van der Waals surface area (Å²) in [4.78, 5) is 14.3. The first-order valence-electron chi connectivity index (χ1n) is 10.9. The molecular weight excluding hydrogens is 367 g/mol. The summed E-state index contributed by atoms with van der Waals surface area (Å²) < 4.78 is 5.96. The van der Waals surface area contributed by atoms with E-state index in [1.165, 1.54) is 18.5 Å². The predicted molar refractivity (Wildman–Crippen MR) is 123 cm³/mol. The first-order valence-corrected chi connectivity index (χ1v) is 11.3. The molecule has 0 radical (unpaired) electrons. The van der Waals surface area contributed by atoms with Gasteiger partial charge < -0.3 is 14.9 Å². The quantitative estimate of drug-likeness (QED) is 0.348. The lowest BCUT2D eigenvalue weighted by Gasteiger charge is -2.54. The van der Waals surface area contributed by atoms with Gasteiger partial charge >= 0.3 is 0 Å². The summed E-state index contributed by atoms with van der Waals surface area (Å²) >= 11 is 4.67. The number of amides is 1. The standard InChI is InChI=1S/C22H41BN2O2S/c1-16(26)25-15-18(24-19(2,3)4)22(25)13-9-11-17(22)12-10-14-23-27-20(5,6)21(7,8)28/h15,17,23-24,28H,9-14H2,1-8H3. The third-order valence-corrected chi connectivity index (χ3v) is 7.21. The van der Waals surface area contributed by atoms with E-state index in [4.69, 9.17) is 4.65 Å². The molecule has 1 N–H and O–H groups in total. The van der Waals surface area contributed by atoms with Gasteiger partial charge in [0.2, 0.25) is 5.91 Å². The molecule has 1 amide bonds. The Balaban J connectivity index is 1.95. The normalized spacial score (nSPS) is 25.5. The van der Waals surface area contributed by atoms with Crippen molar-refractivity contribution in [3.8, 4) is 0 Å². The van der Waals surface area contributed by atoms with Crippen LogP contribution < -0.4 is 5.32 Å². The summed E-state index contributed by atoms with van der Waals surface area (Å²) in [5, 5.41) is 3.68. The molecule has 0 aromatic carbocycles. The average molecular weight is 408 g/mol. The van der Waals surface area contributed by atoms with Crippen LogP contribution in [0, 0.1) is 5.92 Å². The molecule has 0 bridgehead atoms. The summed E-state index contributed by atoms with van der Waals surface area (Å²) in [6, 6.07) is 0. The number of carbonyl (C=O) groups is 1. The molecule has 1 aliphatic carbocycles. The number of hydrogen-bond donors (Lipinski definition) is 2. The molecular formula is C22H41BN2O2S. The minimum Gasteiger partial charge on any atom is -0.433 e. The van der Waals surface area contributed by atoms with Gasteiger partial charge in [0.05, 0.1) is 16.8 Å². The Labute approximate surface area is 178 Å². The fraction of sp³-hybridized carbons (Fsp3) is 0.864. The third kappa shape index (κ3) is 4.92. The van der Waals surface area contributed by atoms with E-state index in [0.29, 0.717) is 5.92 Å². The fourth-order valence-corrected chi connectivity index (χ4v) is 4.51. The number of carbonyl (C=O) groups excluding carboxylic acids is 1. The molecule has 0 aromatic heterocycles. The van der Waals surface area contributed by atoms with Gasteiger partial charge in [-0.15, -0.1) is 0 Å². The van der Waals surface area contributed by atoms with E-state index in [-0.39, 0.29) is 27.3 Å². The largest absolute Gasteiger partial charge is 0.433 e. The molecule has 1 heterocycles. The second-order valence-corrected chi connectivity index (χ2v) is 11.9. The summed E-state index contributed by atoms with van der Waals surface area (Å²) in [6.07, 6.45) is 8.81. The first kappa shape index (κ1) is 23.7. The van der Waals surface area contributed by atoms with Gasteiger partial charge in [0, 0.05) is 23.4 Å². The number of thiol groups is 1. The van der Waals surface area contributed by atoms with Crippen LogP contribution in [0.15, 0.2) is 11.9 Å². The van der Waals surface area contributed by atoms with Crippen LogP contribution in [0.2, 0.25) is 6.32 Å². The van der Waals surface area contributed by atoms with Crippen LogP contribution in [0.25, 0.3) is 0 Å². The van der Waals surface area contributed by atoms with Crippen LogP contribution in [0.5, 0.6) is 0 Å². The lowest BCUT2D eigenvalue weighted by Crippen LogP contribution is -2.64. The first-order chi connectivity index (χ1) is 12.7. The van der Waals surface area contributed by atoms with Crippen LogP contribution in [-0.2, 0) is 9.45 Å². The van der Waals surface area contributed by atoms with Crippen molar-refractivity contribution in [3.63, 3.8) is 0 Å².